The normalized spacial score (nSPS) is 10.4. The van der Waals surface area contributed by atoms with Crippen molar-refractivity contribution in [2.45, 2.75) is 0 Å². The molecule has 2 aromatic rings. The van der Waals surface area contributed by atoms with Crippen LogP contribution >= 0.6 is 12.2 Å². The molecular formula is C9H7N2S. The number of nitrogens with one attached hydrogen (secondary N) is 1. The quantitative estimate of drug-likeness (QED) is 0.672. The van der Waals surface area contributed by atoms with Crippen molar-refractivity contribution in [1.29, 1.82) is 0 Å². The minimum atomic E-state index is 0.719. The fraction of sp³-hybridized carbons (Fsp3) is 0. The smallest absolute Gasteiger partial charge is 0.142 e. The fourth-order valence-corrected chi connectivity index (χ4v) is 1.28. The van der Waals surface area contributed by atoms with Gasteiger partial charge in [0.2, 0.25) is 0 Å². The summed E-state index contributed by atoms with van der Waals surface area (Å²) >= 11 is 4.76. The Morgan fingerprint density at radius 3 is 3.00 bits per heavy atom. The third-order valence-corrected chi connectivity index (χ3v) is 1.95. The summed E-state index contributed by atoms with van der Waals surface area (Å²) in [5, 5.41) is 1.53. The number of para-hydroxylation sites is 1. The molecule has 0 bridgehead atoms. The molecule has 3 heteroatoms. The summed E-state index contributed by atoms with van der Waals surface area (Å²) in [6.07, 6.45) is 0. The lowest BCUT2D eigenvalue weighted by Gasteiger charge is -1.90. The number of nitrogens with zero attached hydrogens (tertiary/aromatic N) is 1. The van der Waals surface area contributed by atoms with E-state index in [-0.39, 0.29) is 0 Å². The number of aromatic amines is 1. The van der Waals surface area contributed by atoms with Crippen LogP contribution in [0.5, 0.6) is 0 Å². The van der Waals surface area contributed by atoms with Gasteiger partial charge >= 0.3 is 0 Å². The third-order valence-electron chi connectivity index (χ3n) is 1.73. The SMILES string of the molecule is [CH2]c1cccc2[nH]c(C=S)nc12. The van der Waals surface area contributed by atoms with E-state index in [1.54, 1.807) is 0 Å². The minimum Gasteiger partial charge on any atom is -0.338 e. The molecule has 0 atom stereocenters. The molecule has 0 unspecified atom stereocenters. The Labute approximate surface area is 75.6 Å². The van der Waals surface area contributed by atoms with E-state index in [0.717, 1.165) is 22.4 Å². The number of hydrogen-bond donors (Lipinski definition) is 1. The van der Waals surface area contributed by atoms with E-state index in [2.05, 4.69) is 16.9 Å². The summed E-state index contributed by atoms with van der Waals surface area (Å²) in [7, 11) is 0. The van der Waals surface area contributed by atoms with Gasteiger partial charge in [-0.3, -0.25) is 0 Å². The molecule has 1 heterocycles. The van der Waals surface area contributed by atoms with Crippen molar-refractivity contribution in [3.8, 4) is 0 Å². The van der Waals surface area contributed by atoms with Gasteiger partial charge in [-0.1, -0.05) is 24.4 Å². The van der Waals surface area contributed by atoms with Crippen LogP contribution in [-0.2, 0) is 0 Å². The van der Waals surface area contributed by atoms with E-state index in [1.807, 2.05) is 18.2 Å². The van der Waals surface area contributed by atoms with Crippen LogP contribution in [0.25, 0.3) is 11.0 Å². The maximum atomic E-state index is 4.76. The fourth-order valence-electron chi connectivity index (χ4n) is 1.17. The number of imidazole rings is 1. The predicted octanol–water partition coefficient (Wildman–Crippen LogP) is 2.09. The average Bonchev–Trinajstić information content (AvgIpc) is 2.49. The second-order valence-electron chi connectivity index (χ2n) is 2.55. The zero-order valence-corrected chi connectivity index (χ0v) is 7.19. The number of rotatable bonds is 1. The number of benzene rings is 1. The van der Waals surface area contributed by atoms with Crippen molar-refractivity contribution in [3.63, 3.8) is 0 Å². The summed E-state index contributed by atoms with van der Waals surface area (Å²) in [5.74, 6) is 0.719. The second-order valence-corrected chi connectivity index (χ2v) is 2.79. The average molecular weight is 175 g/mol. The molecule has 0 aliphatic carbocycles. The molecule has 0 saturated carbocycles. The van der Waals surface area contributed by atoms with E-state index in [9.17, 15) is 0 Å². The van der Waals surface area contributed by atoms with Crippen molar-refractivity contribution in [1.82, 2.24) is 9.97 Å². The molecule has 12 heavy (non-hydrogen) atoms. The topological polar surface area (TPSA) is 28.7 Å². The molecule has 2 nitrogen and oxygen atoms in total. The van der Waals surface area contributed by atoms with E-state index < -0.39 is 0 Å². The van der Waals surface area contributed by atoms with Crippen LogP contribution in [-0.4, -0.2) is 15.3 Å². The molecule has 1 aromatic carbocycles. The first-order valence-corrected chi connectivity index (χ1v) is 4.04. The predicted molar refractivity (Wildman–Crippen MR) is 53.3 cm³/mol. The van der Waals surface area contributed by atoms with Crippen LogP contribution in [0.3, 0.4) is 0 Å². The lowest BCUT2D eigenvalue weighted by molar-refractivity contribution is 1.31. The number of fused-ring (bicyclic) bond motifs is 1. The Morgan fingerprint density at radius 2 is 2.33 bits per heavy atom. The summed E-state index contributed by atoms with van der Waals surface area (Å²) in [4.78, 5) is 7.33. The molecule has 1 aromatic heterocycles. The van der Waals surface area contributed by atoms with E-state index in [0.29, 0.717) is 0 Å². The van der Waals surface area contributed by atoms with Crippen molar-refractivity contribution in [3.05, 3.63) is 36.5 Å². The Hall–Kier alpha value is -1.22. The Morgan fingerprint density at radius 1 is 1.50 bits per heavy atom. The first-order valence-electron chi connectivity index (χ1n) is 3.57. The molecule has 0 spiro atoms. The molecule has 1 radical (unpaired) electrons. The van der Waals surface area contributed by atoms with Gasteiger partial charge < -0.3 is 4.98 Å². The van der Waals surface area contributed by atoms with E-state index in [1.165, 1.54) is 5.37 Å². The second kappa shape index (κ2) is 2.68. The van der Waals surface area contributed by atoms with Gasteiger partial charge in [0, 0.05) is 5.37 Å². The van der Waals surface area contributed by atoms with Crippen LogP contribution in [0.4, 0.5) is 0 Å². The molecule has 2 rings (SSSR count). The zero-order chi connectivity index (χ0) is 8.55. The van der Waals surface area contributed by atoms with Gasteiger partial charge in [0.15, 0.2) is 0 Å². The highest BCUT2D eigenvalue weighted by Crippen LogP contribution is 2.14. The third kappa shape index (κ3) is 1.02. The highest BCUT2D eigenvalue weighted by molar-refractivity contribution is 7.79. The molecule has 1 N–H and O–H groups in total. The van der Waals surface area contributed by atoms with Crippen LogP contribution in [0.2, 0.25) is 0 Å². The number of hydrogen-bond acceptors (Lipinski definition) is 2. The highest BCUT2D eigenvalue weighted by Gasteiger charge is 2.01. The Bertz CT molecular complexity index is 431. The minimum absolute atomic E-state index is 0.719. The first-order chi connectivity index (χ1) is 5.81. The van der Waals surface area contributed by atoms with Gasteiger partial charge in [-0.15, -0.1) is 0 Å². The largest absolute Gasteiger partial charge is 0.338 e. The van der Waals surface area contributed by atoms with Crippen molar-refractivity contribution in [2.24, 2.45) is 0 Å². The summed E-state index contributed by atoms with van der Waals surface area (Å²) in [6, 6.07) is 5.83. The highest BCUT2D eigenvalue weighted by atomic mass is 32.1. The van der Waals surface area contributed by atoms with Gasteiger partial charge in [-0.25, -0.2) is 4.98 Å². The molecule has 0 aliphatic heterocycles. The van der Waals surface area contributed by atoms with Gasteiger partial charge in [-0.2, -0.15) is 0 Å². The lowest BCUT2D eigenvalue weighted by atomic mass is 10.2. The van der Waals surface area contributed by atoms with E-state index in [4.69, 9.17) is 12.2 Å². The number of H-pyrrole nitrogens is 1. The van der Waals surface area contributed by atoms with Crippen molar-refractivity contribution in [2.75, 3.05) is 0 Å². The summed E-state index contributed by atoms with van der Waals surface area (Å²) in [6.45, 7) is 3.87. The summed E-state index contributed by atoms with van der Waals surface area (Å²) < 4.78 is 0. The standard InChI is InChI=1S/C9H7N2S/c1-6-3-2-4-7-9(6)11-8(5-12)10-7/h2-5H,1H2,(H,10,11). The van der Waals surface area contributed by atoms with Crippen molar-refractivity contribution >= 4 is 28.6 Å². The summed E-state index contributed by atoms with van der Waals surface area (Å²) in [5.41, 5.74) is 2.80. The van der Waals surface area contributed by atoms with Crippen LogP contribution in [0.1, 0.15) is 11.4 Å². The van der Waals surface area contributed by atoms with Crippen molar-refractivity contribution < 1.29 is 0 Å². The molecule has 0 aliphatic rings. The maximum Gasteiger partial charge on any atom is 0.142 e. The monoisotopic (exact) mass is 175 g/mol. The molecule has 59 valence electrons. The van der Waals surface area contributed by atoms with Crippen LogP contribution in [0.15, 0.2) is 18.2 Å². The van der Waals surface area contributed by atoms with Gasteiger partial charge in [-0.05, 0) is 18.6 Å². The molecule has 0 saturated heterocycles. The maximum absolute atomic E-state index is 4.76. The van der Waals surface area contributed by atoms with Crippen LogP contribution in [0, 0.1) is 6.92 Å². The lowest BCUT2D eigenvalue weighted by Crippen LogP contribution is -1.78. The molecule has 0 fully saturated rings. The molecular weight excluding hydrogens is 168 g/mol. The van der Waals surface area contributed by atoms with Crippen LogP contribution < -0.4 is 0 Å². The van der Waals surface area contributed by atoms with E-state index >= 15 is 0 Å². The van der Waals surface area contributed by atoms with Gasteiger partial charge in [0.25, 0.3) is 0 Å². The van der Waals surface area contributed by atoms with Gasteiger partial charge in [0.05, 0.1) is 11.0 Å². The molecule has 0 amide bonds. The van der Waals surface area contributed by atoms with Gasteiger partial charge in [0.1, 0.15) is 5.82 Å². The number of aromatic nitrogens is 2. The zero-order valence-electron chi connectivity index (χ0n) is 6.37. The number of thiocarbonyl (C=S) groups is 1. The Balaban J connectivity index is 2.82. The Kier molecular flexibility index (Phi) is 1.66. The first kappa shape index (κ1) is 7.43.